The molecule has 6 heteroatoms. The summed E-state index contributed by atoms with van der Waals surface area (Å²) in [6.45, 7) is 3.60. The summed E-state index contributed by atoms with van der Waals surface area (Å²) in [5, 5.41) is 2.71. The Bertz CT molecular complexity index is 446. The van der Waals surface area contributed by atoms with E-state index in [0.29, 0.717) is 15.6 Å². The van der Waals surface area contributed by atoms with Gasteiger partial charge in [-0.05, 0) is 25.5 Å². The number of methoxy groups -OCH3 is 1. The number of carbonyl (C=O) groups excluding carboxylic acids is 2. The first kappa shape index (κ1) is 15.0. The fourth-order valence-corrected chi connectivity index (χ4v) is 2.63. The molecule has 0 aliphatic carbocycles. The van der Waals surface area contributed by atoms with E-state index >= 15 is 0 Å². The summed E-state index contributed by atoms with van der Waals surface area (Å²) in [6, 6.07) is 3.28. The maximum Gasteiger partial charge on any atom is 0.331 e. The van der Waals surface area contributed by atoms with Crippen molar-refractivity contribution in [3.63, 3.8) is 0 Å². The van der Waals surface area contributed by atoms with E-state index in [9.17, 15) is 9.59 Å². The molecule has 1 unspecified atom stereocenters. The van der Waals surface area contributed by atoms with Crippen molar-refractivity contribution < 1.29 is 14.3 Å². The average Bonchev–Trinajstić information content (AvgIpc) is 2.75. The molecule has 0 aliphatic rings. The molecule has 1 aromatic heterocycles. The maximum atomic E-state index is 12.0. The summed E-state index contributed by atoms with van der Waals surface area (Å²) in [5.74, 6) is -0.756. The third kappa shape index (κ3) is 3.46. The minimum Gasteiger partial charge on any atom is -0.467 e. The van der Waals surface area contributed by atoms with Crippen LogP contribution in [0.25, 0.3) is 0 Å². The van der Waals surface area contributed by atoms with E-state index in [1.807, 2.05) is 6.92 Å². The summed E-state index contributed by atoms with van der Waals surface area (Å²) >= 11 is 6.95. The van der Waals surface area contributed by atoms with E-state index < -0.39 is 11.5 Å². The van der Waals surface area contributed by atoms with Crippen molar-refractivity contribution in [3.8, 4) is 0 Å². The third-order valence-electron chi connectivity index (χ3n) is 2.57. The van der Waals surface area contributed by atoms with Crippen LogP contribution in [0.1, 0.15) is 36.4 Å². The Morgan fingerprint density at radius 3 is 2.61 bits per heavy atom. The second-order valence-electron chi connectivity index (χ2n) is 4.13. The minimum atomic E-state index is -1.00. The fraction of sp³-hybridized carbons (Fsp3) is 0.500. The highest BCUT2D eigenvalue weighted by molar-refractivity contribution is 7.18. The molecule has 0 fully saturated rings. The van der Waals surface area contributed by atoms with Crippen molar-refractivity contribution in [2.24, 2.45) is 0 Å². The minimum absolute atomic E-state index is 0.312. The Balaban J connectivity index is 2.84. The van der Waals surface area contributed by atoms with Gasteiger partial charge in [-0.1, -0.05) is 24.9 Å². The molecule has 1 aromatic rings. The molecule has 0 bridgehead atoms. The molecule has 1 N–H and O–H groups in total. The van der Waals surface area contributed by atoms with Crippen LogP contribution in [-0.2, 0) is 9.53 Å². The van der Waals surface area contributed by atoms with Gasteiger partial charge in [-0.3, -0.25) is 4.79 Å². The Morgan fingerprint density at radius 2 is 2.17 bits per heavy atom. The number of rotatable bonds is 5. The molecule has 1 heterocycles. The van der Waals surface area contributed by atoms with Crippen LogP contribution in [0, 0.1) is 0 Å². The van der Waals surface area contributed by atoms with E-state index in [1.54, 1.807) is 19.1 Å². The van der Waals surface area contributed by atoms with Crippen LogP contribution in [0.5, 0.6) is 0 Å². The lowest BCUT2D eigenvalue weighted by Crippen LogP contribution is -2.52. The van der Waals surface area contributed by atoms with Crippen LogP contribution in [0.3, 0.4) is 0 Å². The Morgan fingerprint density at radius 1 is 1.50 bits per heavy atom. The molecule has 0 aromatic carbocycles. The summed E-state index contributed by atoms with van der Waals surface area (Å²) in [6.07, 6.45) is 1.28. The van der Waals surface area contributed by atoms with Gasteiger partial charge in [0.15, 0.2) is 0 Å². The quantitative estimate of drug-likeness (QED) is 0.848. The number of ether oxygens (including phenoxy) is 1. The molecule has 100 valence electrons. The molecular formula is C12H16ClNO3S. The standard InChI is InChI=1S/C12H16ClNO3S/c1-4-7-12(2,11(16)17-3)14-10(15)8-5-6-9(13)18-8/h5-6H,4,7H2,1-3H3,(H,14,15). The summed E-state index contributed by atoms with van der Waals surface area (Å²) in [4.78, 5) is 24.2. The van der Waals surface area contributed by atoms with Crippen LogP contribution in [0.2, 0.25) is 4.34 Å². The molecule has 4 nitrogen and oxygen atoms in total. The predicted octanol–water partition coefficient (Wildman–Crippen LogP) is 2.86. The van der Waals surface area contributed by atoms with Gasteiger partial charge in [0.05, 0.1) is 16.3 Å². The van der Waals surface area contributed by atoms with Crippen molar-refractivity contribution in [2.45, 2.75) is 32.2 Å². The van der Waals surface area contributed by atoms with Crippen molar-refractivity contribution in [2.75, 3.05) is 7.11 Å². The second-order valence-corrected chi connectivity index (χ2v) is 5.85. The summed E-state index contributed by atoms with van der Waals surface area (Å²) in [5.41, 5.74) is -1.00. The van der Waals surface area contributed by atoms with Crippen LogP contribution in [0.4, 0.5) is 0 Å². The number of thiophene rings is 1. The van der Waals surface area contributed by atoms with Gasteiger partial charge in [0.25, 0.3) is 5.91 Å². The third-order valence-corrected chi connectivity index (χ3v) is 3.80. The molecule has 0 aliphatic heterocycles. The number of hydrogen-bond acceptors (Lipinski definition) is 4. The Kier molecular flexibility index (Phi) is 5.16. The van der Waals surface area contributed by atoms with Gasteiger partial charge in [-0.25, -0.2) is 4.79 Å². The number of halogens is 1. The molecule has 1 rings (SSSR count). The Labute approximate surface area is 115 Å². The first-order valence-corrected chi connectivity index (χ1v) is 6.78. The summed E-state index contributed by atoms with van der Waals surface area (Å²) in [7, 11) is 1.31. The second kappa shape index (κ2) is 6.20. The van der Waals surface area contributed by atoms with Gasteiger partial charge in [-0.15, -0.1) is 11.3 Å². The highest BCUT2D eigenvalue weighted by Crippen LogP contribution is 2.23. The van der Waals surface area contributed by atoms with Gasteiger partial charge in [-0.2, -0.15) is 0 Å². The number of nitrogens with one attached hydrogen (secondary N) is 1. The van der Waals surface area contributed by atoms with Gasteiger partial charge < -0.3 is 10.1 Å². The first-order valence-electron chi connectivity index (χ1n) is 5.59. The van der Waals surface area contributed by atoms with Gasteiger partial charge in [0.2, 0.25) is 0 Å². The van der Waals surface area contributed by atoms with Crippen molar-refractivity contribution >= 4 is 34.8 Å². The van der Waals surface area contributed by atoms with Crippen LogP contribution in [-0.4, -0.2) is 24.5 Å². The number of carbonyl (C=O) groups is 2. The van der Waals surface area contributed by atoms with Crippen LogP contribution in [0.15, 0.2) is 12.1 Å². The molecule has 0 radical (unpaired) electrons. The zero-order valence-corrected chi connectivity index (χ0v) is 12.2. The lowest BCUT2D eigenvalue weighted by molar-refractivity contribution is -0.147. The van der Waals surface area contributed by atoms with E-state index in [0.717, 1.165) is 6.42 Å². The monoisotopic (exact) mass is 289 g/mol. The molecular weight excluding hydrogens is 274 g/mol. The fourth-order valence-electron chi connectivity index (χ4n) is 1.69. The van der Waals surface area contributed by atoms with Gasteiger partial charge in [0.1, 0.15) is 5.54 Å². The van der Waals surface area contributed by atoms with Crippen LogP contribution < -0.4 is 5.32 Å². The van der Waals surface area contributed by atoms with Gasteiger partial charge in [0, 0.05) is 0 Å². The zero-order chi connectivity index (χ0) is 13.8. The molecule has 1 atom stereocenters. The highest BCUT2D eigenvalue weighted by Gasteiger charge is 2.35. The number of amides is 1. The number of hydrogen-bond donors (Lipinski definition) is 1. The smallest absolute Gasteiger partial charge is 0.331 e. The molecule has 0 saturated heterocycles. The molecule has 0 saturated carbocycles. The van der Waals surface area contributed by atoms with Crippen molar-refractivity contribution in [3.05, 3.63) is 21.3 Å². The predicted molar refractivity (Wildman–Crippen MR) is 72.1 cm³/mol. The summed E-state index contributed by atoms with van der Waals surface area (Å²) < 4.78 is 5.27. The first-order chi connectivity index (χ1) is 8.42. The molecule has 18 heavy (non-hydrogen) atoms. The largest absolute Gasteiger partial charge is 0.467 e. The van der Waals surface area contributed by atoms with Crippen LogP contribution >= 0.6 is 22.9 Å². The molecule has 0 spiro atoms. The highest BCUT2D eigenvalue weighted by atomic mass is 35.5. The van der Waals surface area contributed by atoms with E-state index in [1.165, 1.54) is 18.4 Å². The van der Waals surface area contributed by atoms with E-state index in [2.05, 4.69) is 5.32 Å². The SMILES string of the molecule is CCCC(C)(NC(=O)c1ccc(Cl)s1)C(=O)OC. The van der Waals surface area contributed by atoms with E-state index in [-0.39, 0.29) is 5.91 Å². The van der Waals surface area contributed by atoms with E-state index in [4.69, 9.17) is 16.3 Å². The van der Waals surface area contributed by atoms with Crippen molar-refractivity contribution in [1.29, 1.82) is 0 Å². The van der Waals surface area contributed by atoms with Crippen molar-refractivity contribution in [1.82, 2.24) is 5.32 Å². The molecule has 1 amide bonds. The average molecular weight is 290 g/mol. The zero-order valence-electron chi connectivity index (χ0n) is 10.6. The lowest BCUT2D eigenvalue weighted by Gasteiger charge is -2.27. The maximum absolute atomic E-state index is 12.0. The van der Waals surface area contributed by atoms with Gasteiger partial charge >= 0.3 is 5.97 Å². The number of esters is 1. The lowest BCUT2D eigenvalue weighted by atomic mass is 9.96. The normalized spacial score (nSPS) is 13.8. The topological polar surface area (TPSA) is 55.4 Å². The Hall–Kier alpha value is -1.07.